The number of tetrazole rings is 1. The lowest BCUT2D eigenvalue weighted by atomic mass is 9.90. The van der Waals surface area contributed by atoms with E-state index in [9.17, 15) is 0 Å². The minimum Gasteiger partial charge on any atom is -0.233 e. The fraction of sp³-hybridized carbons (Fsp3) is 0.875. The van der Waals surface area contributed by atoms with Gasteiger partial charge in [0, 0.05) is 11.9 Å². The van der Waals surface area contributed by atoms with Crippen LogP contribution in [0.2, 0.25) is 0 Å². The first kappa shape index (κ1) is 10.6. The van der Waals surface area contributed by atoms with E-state index in [1.54, 1.807) is 11.0 Å². The molecule has 0 unspecified atom stereocenters. The standard InChI is InChI=1S/C8H15BrN4/c1-8(2,6-9)4-3-5-13-7-10-11-12-13/h7H,3-6H2,1-2H3. The molecule has 0 amide bonds. The zero-order valence-electron chi connectivity index (χ0n) is 8.07. The first-order chi connectivity index (χ1) is 6.14. The molecular formula is C8H15BrN4. The van der Waals surface area contributed by atoms with Crippen molar-refractivity contribution in [2.45, 2.75) is 33.2 Å². The van der Waals surface area contributed by atoms with Gasteiger partial charge in [0.2, 0.25) is 0 Å². The van der Waals surface area contributed by atoms with Gasteiger partial charge in [-0.2, -0.15) is 0 Å². The van der Waals surface area contributed by atoms with Crippen molar-refractivity contribution in [3.05, 3.63) is 6.33 Å². The van der Waals surface area contributed by atoms with Crippen molar-refractivity contribution in [2.24, 2.45) is 5.41 Å². The number of nitrogens with zero attached hydrogens (tertiary/aromatic N) is 4. The van der Waals surface area contributed by atoms with E-state index in [0.717, 1.165) is 18.3 Å². The summed E-state index contributed by atoms with van der Waals surface area (Å²) in [6.45, 7) is 5.41. The third-order valence-electron chi connectivity index (χ3n) is 1.99. The summed E-state index contributed by atoms with van der Waals surface area (Å²) in [6, 6.07) is 0. The van der Waals surface area contributed by atoms with Crippen molar-refractivity contribution in [2.75, 3.05) is 5.33 Å². The Morgan fingerprint density at radius 2 is 2.23 bits per heavy atom. The van der Waals surface area contributed by atoms with E-state index < -0.39 is 0 Å². The molecule has 1 aromatic rings. The van der Waals surface area contributed by atoms with Gasteiger partial charge < -0.3 is 0 Å². The summed E-state index contributed by atoms with van der Waals surface area (Å²) in [5.74, 6) is 0. The van der Waals surface area contributed by atoms with Crippen LogP contribution in [0.15, 0.2) is 6.33 Å². The second kappa shape index (κ2) is 4.69. The van der Waals surface area contributed by atoms with E-state index in [2.05, 4.69) is 45.3 Å². The van der Waals surface area contributed by atoms with Crippen molar-refractivity contribution in [3.8, 4) is 0 Å². The number of hydrogen-bond acceptors (Lipinski definition) is 3. The van der Waals surface area contributed by atoms with Crippen LogP contribution in [0.25, 0.3) is 0 Å². The van der Waals surface area contributed by atoms with E-state index in [-0.39, 0.29) is 0 Å². The average molecular weight is 247 g/mol. The second-order valence-electron chi connectivity index (χ2n) is 3.97. The molecule has 13 heavy (non-hydrogen) atoms. The summed E-state index contributed by atoms with van der Waals surface area (Å²) in [5.41, 5.74) is 0.369. The van der Waals surface area contributed by atoms with Gasteiger partial charge in [-0.3, -0.25) is 0 Å². The van der Waals surface area contributed by atoms with Gasteiger partial charge in [0.25, 0.3) is 0 Å². The Labute approximate surface area is 86.8 Å². The molecule has 0 spiro atoms. The molecular weight excluding hydrogens is 232 g/mol. The first-order valence-electron chi connectivity index (χ1n) is 4.41. The molecule has 0 saturated carbocycles. The molecule has 0 aliphatic rings. The number of hydrogen-bond donors (Lipinski definition) is 0. The molecule has 0 fully saturated rings. The third-order valence-corrected chi connectivity index (χ3v) is 3.51. The molecule has 0 saturated heterocycles. The summed E-state index contributed by atoms with van der Waals surface area (Å²) < 4.78 is 1.77. The highest BCUT2D eigenvalue weighted by Crippen LogP contribution is 2.24. The summed E-state index contributed by atoms with van der Waals surface area (Å²) >= 11 is 3.50. The quantitative estimate of drug-likeness (QED) is 0.746. The fourth-order valence-electron chi connectivity index (χ4n) is 1.07. The molecule has 0 atom stereocenters. The average Bonchev–Trinajstić information content (AvgIpc) is 2.57. The largest absolute Gasteiger partial charge is 0.233 e. The van der Waals surface area contributed by atoms with Gasteiger partial charge in [-0.1, -0.05) is 29.8 Å². The molecule has 0 radical (unpaired) electrons. The number of aryl methyl sites for hydroxylation is 1. The normalized spacial score (nSPS) is 11.9. The number of rotatable bonds is 5. The Morgan fingerprint density at radius 3 is 2.77 bits per heavy atom. The maximum absolute atomic E-state index is 3.81. The monoisotopic (exact) mass is 246 g/mol. The lowest BCUT2D eigenvalue weighted by Gasteiger charge is -2.20. The Morgan fingerprint density at radius 1 is 1.46 bits per heavy atom. The van der Waals surface area contributed by atoms with Crippen LogP contribution in [-0.4, -0.2) is 25.5 Å². The zero-order chi connectivity index (χ0) is 9.73. The third kappa shape index (κ3) is 3.85. The molecule has 74 valence electrons. The molecule has 0 aliphatic carbocycles. The molecule has 0 aromatic carbocycles. The second-order valence-corrected chi connectivity index (χ2v) is 4.54. The zero-order valence-corrected chi connectivity index (χ0v) is 9.66. The van der Waals surface area contributed by atoms with Crippen molar-refractivity contribution in [1.29, 1.82) is 0 Å². The molecule has 0 N–H and O–H groups in total. The minimum atomic E-state index is 0.369. The van der Waals surface area contributed by atoms with Gasteiger partial charge in [-0.25, -0.2) is 4.68 Å². The number of halogens is 1. The van der Waals surface area contributed by atoms with Crippen molar-refractivity contribution < 1.29 is 0 Å². The van der Waals surface area contributed by atoms with Crippen LogP contribution in [0.5, 0.6) is 0 Å². The van der Waals surface area contributed by atoms with Crippen LogP contribution in [-0.2, 0) is 6.54 Å². The maximum Gasteiger partial charge on any atom is 0.138 e. The molecule has 1 heterocycles. The van der Waals surface area contributed by atoms with Crippen molar-refractivity contribution in [1.82, 2.24) is 20.2 Å². The van der Waals surface area contributed by atoms with Gasteiger partial charge in [0.15, 0.2) is 0 Å². The molecule has 0 bridgehead atoms. The van der Waals surface area contributed by atoms with Crippen LogP contribution >= 0.6 is 15.9 Å². The summed E-state index contributed by atoms with van der Waals surface area (Å²) in [4.78, 5) is 0. The van der Waals surface area contributed by atoms with Crippen LogP contribution < -0.4 is 0 Å². The van der Waals surface area contributed by atoms with Crippen molar-refractivity contribution in [3.63, 3.8) is 0 Å². The van der Waals surface area contributed by atoms with Gasteiger partial charge in [-0.05, 0) is 28.7 Å². The Hall–Kier alpha value is -0.450. The van der Waals surface area contributed by atoms with Crippen molar-refractivity contribution >= 4 is 15.9 Å². The van der Waals surface area contributed by atoms with E-state index in [0.29, 0.717) is 5.41 Å². The molecule has 1 rings (SSSR count). The number of aromatic nitrogens is 4. The molecule has 5 heteroatoms. The van der Waals surface area contributed by atoms with Crippen LogP contribution in [0.3, 0.4) is 0 Å². The Kier molecular flexibility index (Phi) is 3.84. The predicted molar refractivity (Wildman–Crippen MR) is 54.6 cm³/mol. The van der Waals surface area contributed by atoms with E-state index >= 15 is 0 Å². The van der Waals surface area contributed by atoms with Crippen LogP contribution in [0.1, 0.15) is 26.7 Å². The Balaban J connectivity index is 2.21. The highest BCUT2D eigenvalue weighted by atomic mass is 79.9. The lowest BCUT2D eigenvalue weighted by molar-refractivity contribution is 0.357. The van der Waals surface area contributed by atoms with Gasteiger partial charge >= 0.3 is 0 Å². The topological polar surface area (TPSA) is 43.6 Å². The molecule has 1 aromatic heterocycles. The fourth-order valence-corrected chi connectivity index (χ4v) is 1.35. The highest BCUT2D eigenvalue weighted by Gasteiger charge is 2.15. The molecule has 4 nitrogen and oxygen atoms in total. The Bertz CT molecular complexity index is 232. The summed E-state index contributed by atoms with van der Waals surface area (Å²) in [7, 11) is 0. The van der Waals surface area contributed by atoms with Gasteiger partial charge in [0.05, 0.1) is 0 Å². The van der Waals surface area contributed by atoms with E-state index in [1.807, 2.05) is 0 Å². The predicted octanol–water partition coefficient (Wildman–Crippen LogP) is 1.87. The van der Waals surface area contributed by atoms with E-state index in [1.165, 1.54) is 6.42 Å². The minimum absolute atomic E-state index is 0.369. The van der Waals surface area contributed by atoms with E-state index in [4.69, 9.17) is 0 Å². The van der Waals surface area contributed by atoms with Crippen LogP contribution in [0, 0.1) is 5.41 Å². The maximum atomic E-state index is 3.81. The van der Waals surface area contributed by atoms with Crippen LogP contribution in [0.4, 0.5) is 0 Å². The summed E-state index contributed by atoms with van der Waals surface area (Å²) in [6.07, 6.45) is 3.95. The van der Waals surface area contributed by atoms with Gasteiger partial charge in [-0.15, -0.1) is 5.10 Å². The SMILES string of the molecule is CC(C)(CBr)CCCn1cnnn1. The van der Waals surface area contributed by atoms with Gasteiger partial charge in [0.1, 0.15) is 6.33 Å². The first-order valence-corrected chi connectivity index (χ1v) is 5.53. The molecule has 0 aliphatic heterocycles. The summed E-state index contributed by atoms with van der Waals surface area (Å²) in [5, 5.41) is 12.0. The lowest BCUT2D eigenvalue weighted by Crippen LogP contribution is -2.14. The number of alkyl halides is 1. The smallest absolute Gasteiger partial charge is 0.138 e. The highest BCUT2D eigenvalue weighted by molar-refractivity contribution is 9.09.